The van der Waals surface area contributed by atoms with Gasteiger partial charge in [0, 0.05) is 0 Å². The van der Waals surface area contributed by atoms with Crippen LogP contribution in [0.2, 0.25) is 0 Å². The summed E-state index contributed by atoms with van der Waals surface area (Å²) >= 11 is 0. The Kier molecular flexibility index (Phi) is 10.1. The van der Waals surface area contributed by atoms with E-state index in [0.717, 1.165) is 19.3 Å². The highest BCUT2D eigenvalue weighted by Gasteiger charge is 2.51. The predicted molar refractivity (Wildman–Crippen MR) is 83.9 cm³/mol. The van der Waals surface area contributed by atoms with Gasteiger partial charge in [0.15, 0.2) is 5.41 Å². The van der Waals surface area contributed by atoms with E-state index in [1.807, 2.05) is 13.8 Å². The lowest BCUT2D eigenvalue weighted by molar-refractivity contribution is -0.177. The summed E-state index contributed by atoms with van der Waals surface area (Å²) in [5.41, 5.74) is -1.15. The van der Waals surface area contributed by atoms with Gasteiger partial charge in [0.05, 0.1) is 13.2 Å². The summed E-state index contributed by atoms with van der Waals surface area (Å²) in [6.07, 6.45) is 5.76. The summed E-state index contributed by atoms with van der Waals surface area (Å²) in [7, 11) is 0. The molecule has 0 bridgehead atoms. The van der Waals surface area contributed by atoms with Crippen LogP contribution < -0.4 is 0 Å². The Balaban J connectivity index is 5.07. The number of rotatable bonds is 11. The van der Waals surface area contributed by atoms with E-state index >= 15 is 0 Å². The van der Waals surface area contributed by atoms with E-state index in [1.165, 1.54) is 12.8 Å². The molecule has 0 rings (SSSR count). The minimum atomic E-state index is -1.15. The van der Waals surface area contributed by atoms with Crippen LogP contribution in [-0.2, 0) is 19.1 Å². The summed E-state index contributed by atoms with van der Waals surface area (Å²) in [5.74, 6) is -0.944. The molecular formula is C17H32O4. The lowest BCUT2D eigenvalue weighted by Crippen LogP contribution is -2.46. The van der Waals surface area contributed by atoms with Gasteiger partial charge in [-0.05, 0) is 32.6 Å². The quantitative estimate of drug-likeness (QED) is 0.327. The molecule has 0 heterocycles. The summed E-state index contributed by atoms with van der Waals surface area (Å²) in [5, 5.41) is 0. The molecule has 0 saturated heterocycles. The first-order chi connectivity index (χ1) is 10.0. The molecule has 21 heavy (non-hydrogen) atoms. The van der Waals surface area contributed by atoms with Gasteiger partial charge in [-0.15, -0.1) is 0 Å². The minimum Gasteiger partial charge on any atom is -0.465 e. The van der Waals surface area contributed by atoms with Gasteiger partial charge in [-0.1, -0.05) is 46.5 Å². The molecule has 4 heteroatoms. The number of hydrogen-bond donors (Lipinski definition) is 0. The third-order valence-electron chi connectivity index (χ3n) is 4.17. The summed E-state index contributed by atoms with van der Waals surface area (Å²) in [6, 6.07) is 0. The van der Waals surface area contributed by atoms with Gasteiger partial charge in [-0.2, -0.15) is 0 Å². The fourth-order valence-corrected chi connectivity index (χ4v) is 2.77. The zero-order chi connectivity index (χ0) is 16.3. The van der Waals surface area contributed by atoms with Crippen LogP contribution in [0.4, 0.5) is 0 Å². The third-order valence-corrected chi connectivity index (χ3v) is 4.17. The second kappa shape index (κ2) is 10.6. The monoisotopic (exact) mass is 300 g/mol. The maximum absolute atomic E-state index is 12.4. The molecule has 0 aliphatic rings. The van der Waals surface area contributed by atoms with E-state index in [1.54, 1.807) is 13.8 Å². The molecule has 0 aromatic heterocycles. The zero-order valence-electron chi connectivity index (χ0n) is 14.4. The van der Waals surface area contributed by atoms with Gasteiger partial charge in [0.1, 0.15) is 0 Å². The molecule has 0 aliphatic heterocycles. The number of carbonyl (C=O) groups is 2. The van der Waals surface area contributed by atoms with Crippen molar-refractivity contribution in [2.45, 2.75) is 73.1 Å². The highest BCUT2D eigenvalue weighted by atomic mass is 16.6. The molecule has 4 nitrogen and oxygen atoms in total. The average molecular weight is 300 g/mol. The molecule has 0 saturated carbocycles. The first kappa shape index (κ1) is 19.9. The van der Waals surface area contributed by atoms with E-state index < -0.39 is 17.4 Å². The van der Waals surface area contributed by atoms with Gasteiger partial charge < -0.3 is 9.47 Å². The number of esters is 2. The molecule has 0 amide bonds. The fourth-order valence-electron chi connectivity index (χ4n) is 2.77. The van der Waals surface area contributed by atoms with Crippen molar-refractivity contribution < 1.29 is 19.1 Å². The molecule has 1 atom stereocenters. The molecule has 0 N–H and O–H groups in total. The Bertz CT molecular complexity index is 294. The summed E-state index contributed by atoms with van der Waals surface area (Å²) in [6.45, 7) is 10.1. The van der Waals surface area contributed by atoms with Crippen molar-refractivity contribution in [3.05, 3.63) is 0 Å². The second-order valence-corrected chi connectivity index (χ2v) is 5.52. The van der Waals surface area contributed by atoms with Gasteiger partial charge in [-0.3, -0.25) is 9.59 Å². The Morgan fingerprint density at radius 3 is 1.81 bits per heavy atom. The lowest BCUT2D eigenvalue weighted by Gasteiger charge is -2.33. The Hall–Kier alpha value is -1.06. The summed E-state index contributed by atoms with van der Waals surface area (Å²) in [4.78, 5) is 24.8. The Morgan fingerprint density at radius 2 is 1.43 bits per heavy atom. The molecule has 0 spiro atoms. The number of carbonyl (C=O) groups excluding carboxylic acids is 2. The zero-order valence-corrected chi connectivity index (χ0v) is 14.4. The molecule has 0 radical (unpaired) electrons. The average Bonchev–Trinajstić information content (AvgIpc) is 2.45. The van der Waals surface area contributed by atoms with Crippen LogP contribution in [0.3, 0.4) is 0 Å². The van der Waals surface area contributed by atoms with Crippen molar-refractivity contribution in [3.63, 3.8) is 0 Å². The van der Waals surface area contributed by atoms with Crippen LogP contribution in [0.15, 0.2) is 0 Å². The molecular weight excluding hydrogens is 268 g/mol. The number of ether oxygens (including phenoxy) is 2. The van der Waals surface area contributed by atoms with Gasteiger partial charge >= 0.3 is 11.9 Å². The van der Waals surface area contributed by atoms with Crippen molar-refractivity contribution in [1.82, 2.24) is 0 Å². The van der Waals surface area contributed by atoms with Crippen LogP contribution in [0.5, 0.6) is 0 Å². The molecule has 124 valence electrons. The van der Waals surface area contributed by atoms with Gasteiger partial charge in [0.2, 0.25) is 0 Å². The highest BCUT2D eigenvalue weighted by Crippen LogP contribution is 2.38. The maximum atomic E-state index is 12.4. The van der Waals surface area contributed by atoms with Crippen molar-refractivity contribution in [2.75, 3.05) is 13.2 Å². The Morgan fingerprint density at radius 1 is 0.905 bits per heavy atom. The second-order valence-electron chi connectivity index (χ2n) is 5.52. The number of unbranched alkanes of at least 4 members (excludes halogenated alkanes) is 3. The molecule has 0 aromatic rings. The lowest BCUT2D eigenvalue weighted by atomic mass is 9.72. The van der Waals surface area contributed by atoms with Crippen LogP contribution >= 0.6 is 0 Å². The molecule has 0 aromatic carbocycles. The van der Waals surface area contributed by atoms with Crippen LogP contribution in [0.25, 0.3) is 0 Å². The van der Waals surface area contributed by atoms with Gasteiger partial charge in [0.25, 0.3) is 0 Å². The van der Waals surface area contributed by atoms with Crippen molar-refractivity contribution in [2.24, 2.45) is 11.3 Å². The number of hydrogen-bond acceptors (Lipinski definition) is 4. The van der Waals surface area contributed by atoms with E-state index in [2.05, 4.69) is 6.92 Å². The van der Waals surface area contributed by atoms with E-state index in [0.29, 0.717) is 6.42 Å². The molecule has 0 fully saturated rings. The normalized spacial score (nSPS) is 12.8. The standard InChI is InChI=1S/C17H32O4/c1-6-10-11-12-13-14(5)17(7-2,15(18)20-8-3)16(19)21-9-4/h14H,6-13H2,1-5H3/t14-/m1/s1. The fraction of sp³-hybridized carbons (Fsp3) is 0.882. The van der Waals surface area contributed by atoms with Crippen LogP contribution in [0, 0.1) is 11.3 Å². The van der Waals surface area contributed by atoms with Crippen molar-refractivity contribution in [3.8, 4) is 0 Å². The molecule has 0 unspecified atom stereocenters. The van der Waals surface area contributed by atoms with E-state index in [9.17, 15) is 9.59 Å². The van der Waals surface area contributed by atoms with Crippen LogP contribution in [-0.4, -0.2) is 25.2 Å². The van der Waals surface area contributed by atoms with Gasteiger partial charge in [-0.25, -0.2) is 0 Å². The van der Waals surface area contributed by atoms with E-state index in [-0.39, 0.29) is 19.1 Å². The van der Waals surface area contributed by atoms with E-state index in [4.69, 9.17) is 9.47 Å². The van der Waals surface area contributed by atoms with Crippen molar-refractivity contribution in [1.29, 1.82) is 0 Å². The summed E-state index contributed by atoms with van der Waals surface area (Å²) < 4.78 is 10.3. The third kappa shape index (κ3) is 5.33. The topological polar surface area (TPSA) is 52.6 Å². The van der Waals surface area contributed by atoms with Crippen molar-refractivity contribution >= 4 is 11.9 Å². The predicted octanol–water partition coefficient (Wildman–Crippen LogP) is 4.12. The first-order valence-electron chi connectivity index (χ1n) is 8.35. The highest BCUT2D eigenvalue weighted by molar-refractivity contribution is 6.00. The maximum Gasteiger partial charge on any atom is 0.323 e. The minimum absolute atomic E-state index is 0.0718. The van der Waals surface area contributed by atoms with Crippen LogP contribution in [0.1, 0.15) is 73.1 Å². The molecule has 0 aliphatic carbocycles. The Labute approximate surface area is 129 Å². The smallest absolute Gasteiger partial charge is 0.323 e. The largest absolute Gasteiger partial charge is 0.465 e. The SMILES string of the molecule is CCCCCC[C@@H](C)C(CC)(C(=O)OCC)C(=O)OCC. The first-order valence-corrected chi connectivity index (χ1v) is 8.35.